The van der Waals surface area contributed by atoms with E-state index in [0.717, 1.165) is 39.2 Å². The normalized spacial score (nSPS) is 10.8. The minimum absolute atomic E-state index is 0.209. The summed E-state index contributed by atoms with van der Waals surface area (Å²) in [4.78, 5) is 13.1. The zero-order valence-electron chi connectivity index (χ0n) is 17.7. The molecule has 6 nitrogen and oxygen atoms in total. The van der Waals surface area contributed by atoms with Crippen molar-refractivity contribution in [2.75, 3.05) is 12.8 Å². The molecule has 0 bridgehead atoms. The Morgan fingerprint density at radius 3 is 2.03 bits per heavy atom. The summed E-state index contributed by atoms with van der Waals surface area (Å²) in [6.07, 6.45) is 1.70. The van der Waals surface area contributed by atoms with E-state index in [-0.39, 0.29) is 5.95 Å². The molecule has 5 aromatic rings. The molecule has 0 unspecified atom stereocenters. The molecule has 0 atom stereocenters. The highest BCUT2D eigenvalue weighted by molar-refractivity contribution is 6.31. The maximum Gasteiger partial charge on any atom is 0.221 e. The fourth-order valence-electron chi connectivity index (χ4n) is 3.53. The number of halogens is 1. The van der Waals surface area contributed by atoms with E-state index in [9.17, 15) is 0 Å². The number of anilines is 1. The molecule has 0 amide bonds. The first kappa shape index (κ1) is 20.7. The summed E-state index contributed by atoms with van der Waals surface area (Å²) in [5.74, 6) is 2.39. The molecule has 7 heteroatoms. The van der Waals surface area contributed by atoms with Gasteiger partial charge in [-0.3, -0.25) is 4.98 Å². The van der Waals surface area contributed by atoms with Crippen molar-refractivity contribution in [2.45, 2.75) is 0 Å². The topological polar surface area (TPSA) is 83.2 Å². The molecule has 0 saturated carbocycles. The Labute approximate surface area is 195 Å². The number of nitrogens with zero attached hydrogens (tertiary/aromatic N) is 3. The van der Waals surface area contributed by atoms with E-state index < -0.39 is 0 Å². The molecule has 2 aromatic heterocycles. The first-order valence-corrected chi connectivity index (χ1v) is 10.6. The molecule has 2 N–H and O–H groups in total. The number of nitrogens with two attached hydrogens (primary N) is 1. The number of rotatable bonds is 5. The number of pyridine rings is 1. The third kappa shape index (κ3) is 4.42. The van der Waals surface area contributed by atoms with Crippen LogP contribution in [0.3, 0.4) is 0 Å². The Balaban J connectivity index is 1.42. The molecule has 162 valence electrons. The molecular weight excluding hydrogens is 436 g/mol. The number of aromatic nitrogens is 3. The smallest absolute Gasteiger partial charge is 0.221 e. The monoisotopic (exact) mass is 454 g/mol. The number of hydrogen-bond donors (Lipinski definition) is 1. The summed E-state index contributed by atoms with van der Waals surface area (Å²) in [6.45, 7) is 0. The van der Waals surface area contributed by atoms with Crippen LogP contribution >= 0.6 is 11.6 Å². The van der Waals surface area contributed by atoms with Crippen LogP contribution in [0.2, 0.25) is 5.02 Å². The van der Waals surface area contributed by atoms with Gasteiger partial charge in [-0.2, -0.15) is 0 Å². The van der Waals surface area contributed by atoms with Gasteiger partial charge in [-0.1, -0.05) is 11.6 Å². The van der Waals surface area contributed by atoms with Crippen molar-refractivity contribution in [3.8, 4) is 39.8 Å². The van der Waals surface area contributed by atoms with Crippen molar-refractivity contribution in [3.05, 3.63) is 90.1 Å². The van der Waals surface area contributed by atoms with Crippen LogP contribution in [-0.4, -0.2) is 22.1 Å². The highest BCUT2D eigenvalue weighted by Crippen LogP contribution is 2.32. The van der Waals surface area contributed by atoms with Gasteiger partial charge in [-0.25, -0.2) is 9.97 Å². The minimum Gasteiger partial charge on any atom is -0.497 e. The number of ether oxygens (including phenoxy) is 2. The van der Waals surface area contributed by atoms with Gasteiger partial charge in [0, 0.05) is 27.7 Å². The van der Waals surface area contributed by atoms with Crippen molar-refractivity contribution in [3.63, 3.8) is 0 Å². The lowest BCUT2D eigenvalue weighted by atomic mass is 10.1. The molecular formula is C26H19ClN4O2. The van der Waals surface area contributed by atoms with Gasteiger partial charge in [0.2, 0.25) is 5.95 Å². The fraction of sp³-hybridized carbons (Fsp3) is 0.0385. The molecule has 0 spiro atoms. The van der Waals surface area contributed by atoms with E-state index in [4.69, 9.17) is 26.8 Å². The second-order valence-corrected chi connectivity index (χ2v) is 7.76. The highest BCUT2D eigenvalue weighted by Gasteiger charge is 2.09. The molecule has 0 radical (unpaired) electrons. The molecule has 5 rings (SSSR count). The number of benzene rings is 3. The quantitative estimate of drug-likeness (QED) is 0.331. The number of methoxy groups -OCH3 is 1. The molecule has 0 fully saturated rings. The second kappa shape index (κ2) is 8.76. The van der Waals surface area contributed by atoms with Crippen molar-refractivity contribution in [2.24, 2.45) is 0 Å². The Morgan fingerprint density at radius 1 is 0.758 bits per heavy atom. The van der Waals surface area contributed by atoms with Crippen molar-refractivity contribution >= 4 is 28.5 Å². The lowest BCUT2D eigenvalue weighted by molar-refractivity contribution is 0.415. The summed E-state index contributed by atoms with van der Waals surface area (Å²) in [6, 6.07) is 24.6. The van der Waals surface area contributed by atoms with Gasteiger partial charge in [0.15, 0.2) is 0 Å². The summed E-state index contributed by atoms with van der Waals surface area (Å²) in [7, 11) is 1.63. The maximum atomic E-state index is 6.11. The van der Waals surface area contributed by atoms with Crippen LogP contribution in [0.4, 0.5) is 5.95 Å². The summed E-state index contributed by atoms with van der Waals surface area (Å²) in [5, 5.41) is 1.52. The molecule has 0 aliphatic carbocycles. The maximum absolute atomic E-state index is 6.11. The first-order valence-electron chi connectivity index (χ1n) is 10.2. The summed E-state index contributed by atoms with van der Waals surface area (Å²) >= 11 is 6.08. The van der Waals surface area contributed by atoms with Gasteiger partial charge in [-0.15, -0.1) is 0 Å². The molecule has 2 heterocycles. The zero-order chi connectivity index (χ0) is 22.8. The van der Waals surface area contributed by atoms with Crippen molar-refractivity contribution in [1.82, 2.24) is 15.0 Å². The van der Waals surface area contributed by atoms with Gasteiger partial charge < -0.3 is 15.2 Å². The standard InChI is InChI=1S/C26H19ClN4O2/c1-32-19-7-2-16(3-8-19)22-15-23(31-26(28)30-22)17-4-9-20(10-5-17)33-25-12-13-29-24-14-18(27)6-11-21(24)25/h2-15H,1H3,(H2,28,30,31). The number of nitrogen functional groups attached to an aromatic ring is 1. The van der Waals surface area contributed by atoms with E-state index >= 15 is 0 Å². The SMILES string of the molecule is COc1ccc(-c2cc(-c3ccc(Oc4ccnc5cc(Cl)ccc45)cc3)nc(N)n2)cc1. The third-order valence-electron chi connectivity index (χ3n) is 5.17. The zero-order valence-corrected chi connectivity index (χ0v) is 18.5. The summed E-state index contributed by atoms with van der Waals surface area (Å²) < 4.78 is 11.3. The molecule has 0 aliphatic rings. The number of hydrogen-bond acceptors (Lipinski definition) is 6. The van der Waals surface area contributed by atoms with Crippen molar-refractivity contribution in [1.29, 1.82) is 0 Å². The Kier molecular flexibility index (Phi) is 5.50. The van der Waals surface area contributed by atoms with Gasteiger partial charge >= 0.3 is 0 Å². The minimum atomic E-state index is 0.209. The van der Waals surface area contributed by atoms with E-state index in [1.54, 1.807) is 13.3 Å². The van der Waals surface area contributed by atoms with Crippen LogP contribution < -0.4 is 15.2 Å². The van der Waals surface area contributed by atoms with Crippen LogP contribution in [0.15, 0.2) is 85.1 Å². The largest absolute Gasteiger partial charge is 0.497 e. The van der Waals surface area contributed by atoms with E-state index in [0.29, 0.717) is 16.5 Å². The van der Waals surface area contributed by atoms with Crippen LogP contribution in [0.25, 0.3) is 33.4 Å². The van der Waals surface area contributed by atoms with Crippen LogP contribution in [0.5, 0.6) is 17.2 Å². The van der Waals surface area contributed by atoms with E-state index in [1.165, 1.54) is 0 Å². The van der Waals surface area contributed by atoms with Gasteiger partial charge in [-0.05, 0) is 78.9 Å². The highest BCUT2D eigenvalue weighted by atomic mass is 35.5. The number of fused-ring (bicyclic) bond motifs is 1. The average molecular weight is 455 g/mol. The molecule has 3 aromatic carbocycles. The van der Waals surface area contributed by atoms with Crippen LogP contribution in [0.1, 0.15) is 0 Å². The Hall–Kier alpha value is -4.16. The fourth-order valence-corrected chi connectivity index (χ4v) is 3.69. The van der Waals surface area contributed by atoms with Crippen molar-refractivity contribution < 1.29 is 9.47 Å². The first-order chi connectivity index (χ1) is 16.1. The predicted molar refractivity (Wildman–Crippen MR) is 131 cm³/mol. The van der Waals surface area contributed by atoms with Crippen LogP contribution in [-0.2, 0) is 0 Å². The van der Waals surface area contributed by atoms with E-state index in [1.807, 2.05) is 78.9 Å². The van der Waals surface area contributed by atoms with Crippen LogP contribution in [0, 0.1) is 0 Å². The molecule has 0 aliphatic heterocycles. The van der Waals surface area contributed by atoms with Gasteiger partial charge in [0.1, 0.15) is 17.2 Å². The van der Waals surface area contributed by atoms with Gasteiger partial charge in [0.05, 0.1) is 24.0 Å². The molecule has 33 heavy (non-hydrogen) atoms. The lowest BCUT2D eigenvalue weighted by Gasteiger charge is -2.10. The Bertz CT molecular complexity index is 1440. The molecule has 0 saturated heterocycles. The Morgan fingerprint density at radius 2 is 1.39 bits per heavy atom. The lowest BCUT2D eigenvalue weighted by Crippen LogP contribution is -1.98. The summed E-state index contributed by atoms with van der Waals surface area (Å²) in [5.41, 5.74) is 10.1. The van der Waals surface area contributed by atoms with Gasteiger partial charge in [0.25, 0.3) is 0 Å². The van der Waals surface area contributed by atoms with E-state index in [2.05, 4.69) is 15.0 Å². The second-order valence-electron chi connectivity index (χ2n) is 7.32. The third-order valence-corrected chi connectivity index (χ3v) is 5.41. The predicted octanol–water partition coefficient (Wildman–Crippen LogP) is 6.40. The average Bonchev–Trinajstić information content (AvgIpc) is 2.84.